The first-order valence-electron chi connectivity index (χ1n) is 13.3. The average molecular weight is 491 g/mol. The van der Waals surface area contributed by atoms with Gasteiger partial charge in [0.2, 0.25) is 11.8 Å². The van der Waals surface area contributed by atoms with Gasteiger partial charge in [-0.05, 0) is 56.8 Å². The summed E-state index contributed by atoms with van der Waals surface area (Å²) in [4.78, 5) is 40.8. The molecule has 1 saturated heterocycles. The summed E-state index contributed by atoms with van der Waals surface area (Å²) >= 11 is 0. The topological polar surface area (TPSA) is 90.5 Å². The summed E-state index contributed by atoms with van der Waals surface area (Å²) < 4.78 is 0. The first-order valence-corrected chi connectivity index (χ1v) is 13.3. The van der Waals surface area contributed by atoms with E-state index in [1.54, 1.807) is 24.3 Å². The minimum absolute atomic E-state index is 0.0778. The minimum Gasteiger partial charge on any atom is -0.353 e. The molecule has 0 aromatic heterocycles. The lowest BCUT2D eigenvalue weighted by Crippen LogP contribution is -2.47. The van der Waals surface area contributed by atoms with E-state index >= 15 is 0 Å². The lowest BCUT2D eigenvalue weighted by Gasteiger charge is -2.33. The largest absolute Gasteiger partial charge is 0.353 e. The van der Waals surface area contributed by atoms with Crippen molar-refractivity contribution in [2.75, 3.05) is 25.0 Å². The molecule has 7 heteroatoms. The van der Waals surface area contributed by atoms with Gasteiger partial charge in [-0.25, -0.2) is 0 Å². The smallest absolute Gasteiger partial charge is 0.253 e. The van der Waals surface area contributed by atoms with E-state index in [-0.39, 0.29) is 36.2 Å². The highest BCUT2D eigenvalue weighted by atomic mass is 16.2. The molecule has 3 N–H and O–H groups in total. The Bertz CT molecular complexity index is 1040. The van der Waals surface area contributed by atoms with E-state index in [1.165, 1.54) is 19.3 Å². The minimum atomic E-state index is -0.236. The zero-order chi connectivity index (χ0) is 25.3. The SMILES string of the molecule is CC(NC(=O)c1ccccc1NC(=O)CN1CCCC(C(=O)NC2CCCCC2)C1)c1ccccc1. The molecule has 2 atom stereocenters. The van der Waals surface area contributed by atoms with Gasteiger partial charge in [0.1, 0.15) is 0 Å². The summed E-state index contributed by atoms with van der Waals surface area (Å²) in [6.07, 6.45) is 7.53. The van der Waals surface area contributed by atoms with E-state index < -0.39 is 0 Å². The van der Waals surface area contributed by atoms with Gasteiger partial charge in [0.05, 0.1) is 29.8 Å². The molecule has 36 heavy (non-hydrogen) atoms. The van der Waals surface area contributed by atoms with Gasteiger partial charge in [-0.2, -0.15) is 0 Å². The molecule has 7 nitrogen and oxygen atoms in total. The van der Waals surface area contributed by atoms with Crippen LogP contribution in [0, 0.1) is 5.92 Å². The number of hydrogen-bond acceptors (Lipinski definition) is 4. The third-order valence-electron chi connectivity index (χ3n) is 7.29. The quantitative estimate of drug-likeness (QED) is 0.515. The molecule has 3 amide bonds. The first kappa shape index (κ1) is 25.9. The number of nitrogens with zero attached hydrogens (tertiary/aromatic N) is 1. The molecule has 2 unspecified atom stereocenters. The number of piperidine rings is 1. The molecule has 0 bridgehead atoms. The van der Waals surface area contributed by atoms with Crippen molar-refractivity contribution in [2.45, 2.75) is 64.0 Å². The summed E-state index contributed by atoms with van der Waals surface area (Å²) in [5.41, 5.74) is 1.93. The number of rotatable bonds is 8. The van der Waals surface area contributed by atoms with Crippen LogP contribution in [0.15, 0.2) is 54.6 Å². The van der Waals surface area contributed by atoms with Crippen LogP contribution in [0.2, 0.25) is 0 Å². The summed E-state index contributed by atoms with van der Waals surface area (Å²) in [5, 5.41) is 9.17. The second-order valence-corrected chi connectivity index (χ2v) is 10.1. The molecule has 0 spiro atoms. The highest BCUT2D eigenvalue weighted by Gasteiger charge is 2.28. The van der Waals surface area contributed by atoms with E-state index in [9.17, 15) is 14.4 Å². The van der Waals surface area contributed by atoms with Crippen molar-refractivity contribution in [1.29, 1.82) is 0 Å². The van der Waals surface area contributed by atoms with Crippen molar-refractivity contribution in [3.63, 3.8) is 0 Å². The van der Waals surface area contributed by atoms with Gasteiger partial charge in [-0.15, -0.1) is 0 Å². The molecule has 1 heterocycles. The van der Waals surface area contributed by atoms with E-state index in [4.69, 9.17) is 0 Å². The molecular weight excluding hydrogens is 452 g/mol. The van der Waals surface area contributed by atoms with Crippen molar-refractivity contribution in [2.24, 2.45) is 5.92 Å². The van der Waals surface area contributed by atoms with E-state index in [0.717, 1.165) is 37.8 Å². The number of nitrogens with one attached hydrogen (secondary N) is 3. The summed E-state index contributed by atoms with van der Waals surface area (Å²) in [6.45, 7) is 3.51. The Hall–Kier alpha value is -3.19. The average Bonchev–Trinajstić information content (AvgIpc) is 2.90. The molecule has 2 fully saturated rings. The van der Waals surface area contributed by atoms with Crippen molar-refractivity contribution in [1.82, 2.24) is 15.5 Å². The zero-order valence-corrected chi connectivity index (χ0v) is 21.2. The van der Waals surface area contributed by atoms with Crippen LogP contribution in [-0.2, 0) is 9.59 Å². The predicted molar refractivity (Wildman–Crippen MR) is 142 cm³/mol. The second kappa shape index (κ2) is 12.7. The van der Waals surface area contributed by atoms with Crippen LogP contribution in [0.5, 0.6) is 0 Å². The lowest BCUT2D eigenvalue weighted by atomic mass is 9.93. The normalized spacial score (nSPS) is 19.8. The molecule has 0 radical (unpaired) electrons. The first-order chi connectivity index (χ1) is 17.5. The van der Waals surface area contributed by atoms with E-state index in [2.05, 4.69) is 16.0 Å². The van der Waals surface area contributed by atoms with Crippen molar-refractivity contribution >= 4 is 23.4 Å². The van der Waals surface area contributed by atoms with Gasteiger partial charge in [0.25, 0.3) is 5.91 Å². The van der Waals surface area contributed by atoms with Gasteiger partial charge in [0, 0.05) is 12.6 Å². The maximum absolute atomic E-state index is 13.0. The maximum Gasteiger partial charge on any atom is 0.253 e. The third-order valence-corrected chi connectivity index (χ3v) is 7.29. The van der Waals surface area contributed by atoms with Gasteiger partial charge < -0.3 is 16.0 Å². The van der Waals surface area contributed by atoms with Gasteiger partial charge >= 0.3 is 0 Å². The number of carbonyl (C=O) groups is 3. The second-order valence-electron chi connectivity index (χ2n) is 10.1. The van der Waals surface area contributed by atoms with Gasteiger partial charge in [-0.3, -0.25) is 19.3 Å². The monoisotopic (exact) mass is 490 g/mol. The van der Waals surface area contributed by atoms with E-state index in [1.807, 2.05) is 42.2 Å². The zero-order valence-electron chi connectivity index (χ0n) is 21.2. The molecule has 1 saturated carbocycles. The van der Waals surface area contributed by atoms with Crippen LogP contribution >= 0.6 is 0 Å². The van der Waals surface area contributed by atoms with Crippen molar-refractivity contribution in [3.8, 4) is 0 Å². The molecular formula is C29H38N4O3. The third kappa shape index (κ3) is 7.17. The molecule has 1 aliphatic carbocycles. The fraction of sp³-hybridized carbons (Fsp3) is 0.483. The summed E-state index contributed by atoms with van der Waals surface area (Å²) in [6, 6.07) is 17.0. The number of likely N-dealkylation sites (tertiary alicyclic amines) is 1. The van der Waals surface area contributed by atoms with Crippen molar-refractivity contribution in [3.05, 3.63) is 65.7 Å². The van der Waals surface area contributed by atoms with Crippen LogP contribution < -0.4 is 16.0 Å². The van der Waals surface area contributed by atoms with Crippen LogP contribution in [0.25, 0.3) is 0 Å². The number of anilines is 1. The Morgan fingerprint density at radius 3 is 2.42 bits per heavy atom. The van der Waals surface area contributed by atoms with Gasteiger partial charge in [-0.1, -0.05) is 61.7 Å². The predicted octanol–water partition coefficient (Wildman–Crippen LogP) is 4.28. The van der Waals surface area contributed by atoms with E-state index in [0.29, 0.717) is 23.8 Å². The Morgan fingerprint density at radius 1 is 0.917 bits per heavy atom. The number of hydrogen-bond donors (Lipinski definition) is 3. The molecule has 2 aromatic rings. The Morgan fingerprint density at radius 2 is 1.64 bits per heavy atom. The highest BCUT2D eigenvalue weighted by molar-refractivity contribution is 6.04. The Labute approximate surface area is 214 Å². The maximum atomic E-state index is 13.0. The van der Waals surface area contributed by atoms with Crippen LogP contribution in [-0.4, -0.2) is 48.3 Å². The van der Waals surface area contributed by atoms with Crippen LogP contribution in [0.1, 0.15) is 73.8 Å². The number of para-hydroxylation sites is 1. The van der Waals surface area contributed by atoms with Crippen molar-refractivity contribution < 1.29 is 14.4 Å². The number of amides is 3. The Balaban J connectivity index is 1.31. The standard InChI is InChI=1S/C29H38N4O3/c1-21(22-11-4-2-5-12-22)30-29(36)25-16-8-9-17-26(25)32-27(34)20-33-18-10-13-23(19-33)28(35)31-24-14-6-3-7-15-24/h2,4-5,8-9,11-12,16-17,21,23-24H,3,6-7,10,13-15,18-20H2,1H3,(H,30,36)(H,31,35)(H,32,34). The molecule has 1 aliphatic heterocycles. The fourth-order valence-corrected chi connectivity index (χ4v) is 5.26. The van der Waals surface area contributed by atoms with Crippen LogP contribution in [0.3, 0.4) is 0 Å². The number of benzene rings is 2. The Kier molecular flexibility index (Phi) is 9.11. The highest BCUT2D eigenvalue weighted by Crippen LogP contribution is 2.22. The molecule has 2 aromatic carbocycles. The molecule has 2 aliphatic rings. The summed E-state index contributed by atoms with van der Waals surface area (Å²) in [7, 11) is 0. The molecule has 4 rings (SSSR count). The fourth-order valence-electron chi connectivity index (χ4n) is 5.26. The van der Waals surface area contributed by atoms with Crippen LogP contribution in [0.4, 0.5) is 5.69 Å². The lowest BCUT2D eigenvalue weighted by molar-refractivity contribution is -0.128. The summed E-state index contributed by atoms with van der Waals surface area (Å²) in [5.74, 6) is -0.369. The molecule has 192 valence electrons. The number of carbonyl (C=O) groups excluding carboxylic acids is 3. The van der Waals surface area contributed by atoms with Gasteiger partial charge in [0.15, 0.2) is 0 Å².